The van der Waals surface area contributed by atoms with Gasteiger partial charge in [0.25, 0.3) is 0 Å². The summed E-state index contributed by atoms with van der Waals surface area (Å²) >= 11 is 6.30. The fraction of sp³-hybridized carbons (Fsp3) is 1.00. The molecule has 0 aliphatic heterocycles. The average molecular weight is 273 g/mol. The molecule has 0 radical (unpaired) electrons. The monoisotopic (exact) mass is 272 g/mol. The molecule has 0 nitrogen and oxygen atoms in total. The highest BCUT2D eigenvalue weighted by atomic mass is 35.5. The molecule has 108 valence electrons. The van der Waals surface area contributed by atoms with Gasteiger partial charge in [0.1, 0.15) is 0 Å². The maximum Gasteiger partial charge on any atom is 0.0364 e. The summed E-state index contributed by atoms with van der Waals surface area (Å²) in [6, 6.07) is 0. The highest BCUT2D eigenvalue weighted by Crippen LogP contribution is 2.37. The largest absolute Gasteiger partial charge is 0.123 e. The highest BCUT2D eigenvalue weighted by Gasteiger charge is 2.28. The first kappa shape index (κ1) is 16.3. The second kappa shape index (κ2) is 11.1. The van der Waals surface area contributed by atoms with E-state index in [4.69, 9.17) is 11.6 Å². The number of hydrogen-bond donors (Lipinski definition) is 0. The molecule has 0 bridgehead atoms. The molecule has 0 amide bonds. The van der Waals surface area contributed by atoms with E-state index < -0.39 is 0 Å². The van der Waals surface area contributed by atoms with Crippen LogP contribution in [0, 0.1) is 5.92 Å². The van der Waals surface area contributed by atoms with E-state index in [1.54, 1.807) is 0 Å². The smallest absolute Gasteiger partial charge is 0.0364 e. The molecule has 0 aromatic carbocycles. The van der Waals surface area contributed by atoms with Crippen LogP contribution in [0.1, 0.15) is 96.8 Å². The molecule has 1 fully saturated rings. The standard InChI is InChI=1S/C17H33Cl/c1-2-3-4-5-6-7-8-9-10-11-12-13-17(18)16-14-15-16/h16-17H,2-15H2,1H3. The fourth-order valence-corrected chi connectivity index (χ4v) is 3.10. The van der Waals surface area contributed by atoms with Crippen molar-refractivity contribution in [2.75, 3.05) is 0 Å². The van der Waals surface area contributed by atoms with Crippen LogP contribution in [0.4, 0.5) is 0 Å². The Hall–Kier alpha value is 0.290. The molecule has 1 heteroatoms. The van der Waals surface area contributed by atoms with E-state index in [1.807, 2.05) is 0 Å². The third kappa shape index (κ3) is 9.25. The lowest BCUT2D eigenvalue weighted by Crippen LogP contribution is -2.00. The Kier molecular flexibility index (Phi) is 10.1. The van der Waals surface area contributed by atoms with E-state index in [1.165, 1.54) is 89.9 Å². The van der Waals surface area contributed by atoms with Crippen LogP contribution in [0.3, 0.4) is 0 Å². The Balaban J connectivity index is 1.68. The van der Waals surface area contributed by atoms with Gasteiger partial charge >= 0.3 is 0 Å². The zero-order valence-corrected chi connectivity index (χ0v) is 13.2. The van der Waals surface area contributed by atoms with Crippen molar-refractivity contribution >= 4 is 11.6 Å². The van der Waals surface area contributed by atoms with Crippen LogP contribution in [0.5, 0.6) is 0 Å². The van der Waals surface area contributed by atoms with E-state index in [9.17, 15) is 0 Å². The summed E-state index contributed by atoms with van der Waals surface area (Å²) < 4.78 is 0. The van der Waals surface area contributed by atoms with Crippen molar-refractivity contribution < 1.29 is 0 Å². The van der Waals surface area contributed by atoms with Gasteiger partial charge in [0.2, 0.25) is 0 Å². The predicted octanol–water partition coefficient (Wildman–Crippen LogP) is 6.70. The number of hydrogen-bond acceptors (Lipinski definition) is 0. The van der Waals surface area contributed by atoms with Gasteiger partial charge in [0, 0.05) is 5.38 Å². The van der Waals surface area contributed by atoms with E-state index >= 15 is 0 Å². The van der Waals surface area contributed by atoms with Crippen molar-refractivity contribution in [3.05, 3.63) is 0 Å². The molecule has 1 aliphatic rings. The number of rotatable bonds is 13. The van der Waals surface area contributed by atoms with Crippen LogP contribution < -0.4 is 0 Å². The SMILES string of the molecule is CCCCCCCCCCCCCC(Cl)C1CC1. The molecule has 0 saturated heterocycles. The zero-order valence-electron chi connectivity index (χ0n) is 12.4. The van der Waals surface area contributed by atoms with Gasteiger partial charge in [-0.15, -0.1) is 11.6 Å². The lowest BCUT2D eigenvalue weighted by molar-refractivity contribution is 0.534. The van der Waals surface area contributed by atoms with Gasteiger partial charge in [-0.25, -0.2) is 0 Å². The first-order chi connectivity index (χ1) is 8.84. The summed E-state index contributed by atoms with van der Waals surface area (Å²) in [6.45, 7) is 2.29. The molecule has 0 heterocycles. The molecule has 0 spiro atoms. The highest BCUT2D eigenvalue weighted by molar-refractivity contribution is 6.20. The van der Waals surface area contributed by atoms with Crippen molar-refractivity contribution in [3.8, 4) is 0 Å². The molecule has 0 N–H and O–H groups in total. The van der Waals surface area contributed by atoms with Gasteiger partial charge in [-0.3, -0.25) is 0 Å². The van der Waals surface area contributed by atoms with Crippen molar-refractivity contribution in [2.45, 2.75) is 102 Å². The summed E-state index contributed by atoms with van der Waals surface area (Å²) in [6.07, 6.45) is 19.8. The Morgan fingerprint density at radius 1 is 0.778 bits per heavy atom. The lowest BCUT2D eigenvalue weighted by atomic mass is 10.0. The molecule has 18 heavy (non-hydrogen) atoms. The van der Waals surface area contributed by atoms with Crippen LogP contribution >= 0.6 is 11.6 Å². The van der Waals surface area contributed by atoms with Crippen LogP contribution in [0.2, 0.25) is 0 Å². The molecule has 1 unspecified atom stereocenters. The van der Waals surface area contributed by atoms with E-state index in [2.05, 4.69) is 6.92 Å². The first-order valence-corrected chi connectivity index (χ1v) is 8.92. The van der Waals surface area contributed by atoms with Crippen molar-refractivity contribution in [1.82, 2.24) is 0 Å². The minimum Gasteiger partial charge on any atom is -0.123 e. The molecular weight excluding hydrogens is 240 g/mol. The van der Waals surface area contributed by atoms with Crippen molar-refractivity contribution in [3.63, 3.8) is 0 Å². The third-order valence-corrected chi connectivity index (χ3v) is 4.79. The Morgan fingerprint density at radius 3 is 1.67 bits per heavy atom. The Bertz CT molecular complexity index is 174. The predicted molar refractivity (Wildman–Crippen MR) is 83.4 cm³/mol. The van der Waals surface area contributed by atoms with Crippen molar-refractivity contribution in [1.29, 1.82) is 0 Å². The maximum atomic E-state index is 6.30. The second-order valence-electron chi connectivity index (χ2n) is 6.18. The topological polar surface area (TPSA) is 0 Å². The molecular formula is C17H33Cl. The zero-order chi connectivity index (χ0) is 13.1. The molecule has 1 saturated carbocycles. The third-order valence-electron chi connectivity index (χ3n) is 4.22. The molecule has 1 rings (SSSR count). The van der Waals surface area contributed by atoms with Crippen molar-refractivity contribution in [2.24, 2.45) is 5.92 Å². The van der Waals surface area contributed by atoms with E-state index in [0.29, 0.717) is 5.38 Å². The lowest BCUT2D eigenvalue weighted by Gasteiger charge is -2.07. The number of unbranched alkanes of at least 4 members (excludes halogenated alkanes) is 10. The van der Waals surface area contributed by atoms with Gasteiger partial charge in [-0.1, -0.05) is 77.6 Å². The first-order valence-electron chi connectivity index (χ1n) is 8.48. The van der Waals surface area contributed by atoms with Crippen LogP contribution in [0.25, 0.3) is 0 Å². The summed E-state index contributed by atoms with van der Waals surface area (Å²) in [5.41, 5.74) is 0. The molecule has 0 aromatic heterocycles. The normalized spacial score (nSPS) is 17.0. The van der Waals surface area contributed by atoms with Crippen LogP contribution in [-0.4, -0.2) is 5.38 Å². The van der Waals surface area contributed by atoms with Gasteiger partial charge < -0.3 is 0 Å². The minimum absolute atomic E-state index is 0.503. The summed E-state index contributed by atoms with van der Waals surface area (Å²) in [7, 11) is 0. The summed E-state index contributed by atoms with van der Waals surface area (Å²) in [5, 5.41) is 0.503. The number of alkyl halides is 1. The van der Waals surface area contributed by atoms with E-state index in [-0.39, 0.29) is 0 Å². The molecule has 1 atom stereocenters. The minimum atomic E-state index is 0.503. The van der Waals surface area contributed by atoms with Crippen LogP contribution in [-0.2, 0) is 0 Å². The maximum absolute atomic E-state index is 6.30. The molecule has 0 aromatic rings. The van der Waals surface area contributed by atoms with Gasteiger partial charge in [0.05, 0.1) is 0 Å². The quantitative estimate of drug-likeness (QED) is 0.258. The van der Waals surface area contributed by atoms with Gasteiger partial charge in [-0.05, 0) is 25.2 Å². The average Bonchev–Trinajstić information content (AvgIpc) is 3.20. The van der Waals surface area contributed by atoms with Gasteiger partial charge in [-0.2, -0.15) is 0 Å². The fourth-order valence-electron chi connectivity index (χ4n) is 2.70. The Morgan fingerprint density at radius 2 is 1.22 bits per heavy atom. The molecule has 1 aliphatic carbocycles. The van der Waals surface area contributed by atoms with Crippen LogP contribution in [0.15, 0.2) is 0 Å². The van der Waals surface area contributed by atoms with Gasteiger partial charge in [0.15, 0.2) is 0 Å². The summed E-state index contributed by atoms with van der Waals surface area (Å²) in [5.74, 6) is 0.884. The second-order valence-corrected chi connectivity index (χ2v) is 6.74. The Labute approximate surface area is 120 Å². The summed E-state index contributed by atoms with van der Waals surface area (Å²) in [4.78, 5) is 0. The number of halogens is 1. The van der Waals surface area contributed by atoms with E-state index in [0.717, 1.165) is 5.92 Å².